The van der Waals surface area contributed by atoms with Gasteiger partial charge in [-0.05, 0) is 24.6 Å². The van der Waals surface area contributed by atoms with Crippen LogP contribution in [0.3, 0.4) is 0 Å². The maximum Gasteiger partial charge on any atom is 0.152 e. The monoisotopic (exact) mass is 266 g/mol. The zero-order chi connectivity index (χ0) is 13.6. The third-order valence-corrected chi connectivity index (χ3v) is 4.48. The second-order valence-electron chi connectivity index (χ2n) is 4.28. The summed E-state index contributed by atoms with van der Waals surface area (Å²) >= 11 is 0. The van der Waals surface area contributed by atoms with Gasteiger partial charge in [0, 0.05) is 17.5 Å². The Kier molecular flexibility index (Phi) is 5.17. The summed E-state index contributed by atoms with van der Waals surface area (Å²) in [5.74, 6) is 0.295. The van der Waals surface area contributed by atoms with Crippen LogP contribution in [0.4, 0.5) is 5.69 Å². The maximum absolute atomic E-state index is 11.5. The minimum absolute atomic E-state index is 0.128. The van der Waals surface area contributed by atoms with E-state index in [1.54, 1.807) is 6.92 Å². The Hall–Kier alpha value is -1.54. The van der Waals surface area contributed by atoms with E-state index in [0.717, 1.165) is 11.3 Å². The highest BCUT2D eigenvalue weighted by atomic mass is 32.2. The molecule has 5 heteroatoms. The standard InChI is InChI=1S/C13H18N2O2S/c1-3-18(16,17)10-11(2)15-13-6-4-12(5-7-13)8-9-14/h4-7,11,15H,3,8,10H2,1-2H3. The first kappa shape index (κ1) is 14.5. The zero-order valence-corrected chi connectivity index (χ0v) is 11.5. The molecule has 0 saturated heterocycles. The van der Waals surface area contributed by atoms with Gasteiger partial charge < -0.3 is 5.32 Å². The normalized spacial score (nSPS) is 12.7. The summed E-state index contributed by atoms with van der Waals surface area (Å²) in [7, 11) is -2.96. The summed E-state index contributed by atoms with van der Waals surface area (Å²) in [4.78, 5) is 0. The van der Waals surface area contributed by atoms with Crippen molar-refractivity contribution in [2.45, 2.75) is 26.3 Å². The molecule has 0 radical (unpaired) electrons. The summed E-state index contributed by atoms with van der Waals surface area (Å²) in [5, 5.41) is 11.7. The van der Waals surface area contributed by atoms with E-state index in [4.69, 9.17) is 5.26 Å². The number of anilines is 1. The predicted octanol–water partition coefficient (Wildman–Crippen LogP) is 1.99. The number of hydrogen-bond acceptors (Lipinski definition) is 4. The molecule has 1 rings (SSSR count). The van der Waals surface area contributed by atoms with Gasteiger partial charge in [-0.15, -0.1) is 0 Å². The zero-order valence-electron chi connectivity index (χ0n) is 10.7. The van der Waals surface area contributed by atoms with Crippen LogP contribution in [0, 0.1) is 11.3 Å². The summed E-state index contributed by atoms with van der Waals surface area (Å²) < 4.78 is 22.9. The fraction of sp³-hybridized carbons (Fsp3) is 0.462. The average molecular weight is 266 g/mol. The Morgan fingerprint density at radius 1 is 1.33 bits per heavy atom. The number of nitrogens with one attached hydrogen (secondary N) is 1. The molecule has 98 valence electrons. The Balaban J connectivity index is 2.60. The molecule has 0 amide bonds. The van der Waals surface area contributed by atoms with Gasteiger partial charge in [0.2, 0.25) is 0 Å². The summed E-state index contributed by atoms with van der Waals surface area (Å²) in [5.41, 5.74) is 1.83. The van der Waals surface area contributed by atoms with Crippen molar-refractivity contribution in [1.29, 1.82) is 5.26 Å². The molecule has 4 nitrogen and oxygen atoms in total. The lowest BCUT2D eigenvalue weighted by Gasteiger charge is -2.15. The summed E-state index contributed by atoms with van der Waals surface area (Å²) in [6, 6.07) is 9.42. The molecule has 0 aliphatic heterocycles. The van der Waals surface area contributed by atoms with Gasteiger partial charge in [0.05, 0.1) is 18.2 Å². The van der Waals surface area contributed by atoms with Crippen molar-refractivity contribution < 1.29 is 8.42 Å². The number of nitriles is 1. The van der Waals surface area contributed by atoms with Crippen molar-refractivity contribution >= 4 is 15.5 Å². The van der Waals surface area contributed by atoms with Crippen molar-refractivity contribution in [1.82, 2.24) is 0 Å². The van der Waals surface area contributed by atoms with E-state index < -0.39 is 9.84 Å². The topological polar surface area (TPSA) is 70.0 Å². The Bertz CT molecular complexity index is 515. The minimum atomic E-state index is -2.96. The Morgan fingerprint density at radius 3 is 2.44 bits per heavy atom. The van der Waals surface area contributed by atoms with E-state index in [2.05, 4.69) is 11.4 Å². The first-order chi connectivity index (χ1) is 8.46. The molecule has 18 heavy (non-hydrogen) atoms. The third-order valence-electron chi connectivity index (χ3n) is 2.59. The van der Waals surface area contributed by atoms with Gasteiger partial charge in [-0.3, -0.25) is 0 Å². The van der Waals surface area contributed by atoms with Gasteiger partial charge in [0.25, 0.3) is 0 Å². The SMILES string of the molecule is CCS(=O)(=O)CC(C)Nc1ccc(CC#N)cc1. The summed E-state index contributed by atoms with van der Waals surface area (Å²) in [6.07, 6.45) is 0.389. The molecule has 0 heterocycles. The van der Waals surface area contributed by atoms with Crippen LogP contribution in [0.15, 0.2) is 24.3 Å². The predicted molar refractivity (Wildman–Crippen MR) is 73.2 cm³/mol. The molecule has 1 atom stereocenters. The number of nitrogens with zero attached hydrogens (tertiary/aromatic N) is 1. The van der Waals surface area contributed by atoms with Crippen LogP contribution in [0.1, 0.15) is 19.4 Å². The summed E-state index contributed by atoms with van der Waals surface area (Å²) in [6.45, 7) is 3.50. The fourth-order valence-electron chi connectivity index (χ4n) is 1.64. The number of benzene rings is 1. The highest BCUT2D eigenvalue weighted by Gasteiger charge is 2.13. The molecule has 0 bridgehead atoms. The molecule has 1 aromatic rings. The highest BCUT2D eigenvalue weighted by Crippen LogP contribution is 2.11. The van der Waals surface area contributed by atoms with Crippen molar-refractivity contribution in [3.05, 3.63) is 29.8 Å². The lowest BCUT2D eigenvalue weighted by Crippen LogP contribution is -2.26. The number of hydrogen-bond donors (Lipinski definition) is 1. The smallest absolute Gasteiger partial charge is 0.152 e. The molecule has 0 saturated carbocycles. The molecule has 0 aliphatic carbocycles. The first-order valence-corrected chi connectivity index (χ1v) is 7.72. The van der Waals surface area contributed by atoms with Crippen LogP contribution in [-0.4, -0.2) is 26.0 Å². The molecular formula is C13H18N2O2S. The van der Waals surface area contributed by atoms with Crippen LogP contribution in [-0.2, 0) is 16.3 Å². The molecule has 0 aromatic heterocycles. The Morgan fingerprint density at radius 2 is 1.94 bits per heavy atom. The van der Waals surface area contributed by atoms with E-state index in [0.29, 0.717) is 6.42 Å². The quantitative estimate of drug-likeness (QED) is 0.854. The molecule has 0 fully saturated rings. The molecule has 0 spiro atoms. The lowest BCUT2D eigenvalue weighted by molar-refractivity contribution is 0.593. The van der Waals surface area contributed by atoms with Crippen molar-refractivity contribution in [3.8, 4) is 6.07 Å². The number of sulfone groups is 1. The second kappa shape index (κ2) is 6.41. The second-order valence-corrected chi connectivity index (χ2v) is 6.67. The van der Waals surface area contributed by atoms with Gasteiger partial charge in [-0.25, -0.2) is 8.42 Å². The first-order valence-electron chi connectivity index (χ1n) is 5.89. The number of rotatable bonds is 6. The third kappa shape index (κ3) is 4.76. The van der Waals surface area contributed by atoms with Crippen molar-refractivity contribution in [3.63, 3.8) is 0 Å². The molecule has 1 N–H and O–H groups in total. The van der Waals surface area contributed by atoms with E-state index in [1.807, 2.05) is 31.2 Å². The molecule has 0 aliphatic rings. The van der Waals surface area contributed by atoms with Crippen LogP contribution in [0.2, 0.25) is 0 Å². The van der Waals surface area contributed by atoms with Gasteiger partial charge in [0.1, 0.15) is 0 Å². The van der Waals surface area contributed by atoms with Crippen LogP contribution in [0.5, 0.6) is 0 Å². The Labute approximate surface area is 109 Å². The van der Waals surface area contributed by atoms with Gasteiger partial charge in [-0.2, -0.15) is 5.26 Å². The largest absolute Gasteiger partial charge is 0.382 e. The average Bonchev–Trinajstić information content (AvgIpc) is 2.31. The fourth-order valence-corrected chi connectivity index (χ4v) is 2.72. The van der Waals surface area contributed by atoms with Gasteiger partial charge in [-0.1, -0.05) is 19.1 Å². The van der Waals surface area contributed by atoms with Gasteiger partial charge in [0.15, 0.2) is 9.84 Å². The minimum Gasteiger partial charge on any atom is -0.382 e. The van der Waals surface area contributed by atoms with Crippen LogP contribution < -0.4 is 5.32 Å². The van der Waals surface area contributed by atoms with E-state index in [1.165, 1.54) is 0 Å². The van der Waals surface area contributed by atoms with E-state index in [-0.39, 0.29) is 17.5 Å². The van der Waals surface area contributed by atoms with Crippen molar-refractivity contribution in [2.24, 2.45) is 0 Å². The van der Waals surface area contributed by atoms with Crippen LogP contribution in [0.25, 0.3) is 0 Å². The molecular weight excluding hydrogens is 248 g/mol. The van der Waals surface area contributed by atoms with Crippen LogP contribution >= 0.6 is 0 Å². The van der Waals surface area contributed by atoms with E-state index >= 15 is 0 Å². The maximum atomic E-state index is 11.5. The molecule has 1 aromatic carbocycles. The highest BCUT2D eigenvalue weighted by molar-refractivity contribution is 7.91. The van der Waals surface area contributed by atoms with Crippen molar-refractivity contribution in [2.75, 3.05) is 16.8 Å². The lowest BCUT2D eigenvalue weighted by atomic mass is 10.1. The van der Waals surface area contributed by atoms with Gasteiger partial charge >= 0.3 is 0 Å². The molecule has 1 unspecified atom stereocenters. The van der Waals surface area contributed by atoms with E-state index in [9.17, 15) is 8.42 Å².